The highest BCUT2D eigenvalue weighted by atomic mass is 35.5. The van der Waals surface area contributed by atoms with Gasteiger partial charge in [-0.25, -0.2) is 0 Å². The van der Waals surface area contributed by atoms with Crippen LogP contribution < -0.4 is 5.32 Å². The average Bonchev–Trinajstić information content (AvgIpc) is 3.13. The number of carbonyl (C=O) groups is 1. The Bertz CT molecular complexity index is 1120. The third kappa shape index (κ3) is 4.45. The molecule has 0 saturated heterocycles. The maximum Gasteiger partial charge on any atom is 0.266 e. The van der Waals surface area contributed by atoms with E-state index >= 15 is 0 Å². The lowest BCUT2D eigenvalue weighted by molar-refractivity contribution is -0.112. The summed E-state index contributed by atoms with van der Waals surface area (Å²) in [6, 6.07) is 16.0. The van der Waals surface area contributed by atoms with Crippen molar-refractivity contribution in [2.75, 3.05) is 5.32 Å². The van der Waals surface area contributed by atoms with Crippen LogP contribution in [0.2, 0.25) is 10.0 Å². The Morgan fingerprint density at radius 1 is 1.07 bits per heavy atom. The van der Waals surface area contributed by atoms with Gasteiger partial charge in [-0.15, -0.1) is 0 Å². The summed E-state index contributed by atoms with van der Waals surface area (Å²) in [6.07, 6.45) is 1.40. The molecule has 0 aliphatic heterocycles. The molecule has 0 aliphatic carbocycles. The minimum absolute atomic E-state index is 0.0830. The Balaban J connectivity index is 1.84. The molecule has 28 heavy (non-hydrogen) atoms. The molecule has 0 unspecified atom stereocenters. The molecule has 0 bridgehead atoms. The number of furan rings is 1. The first-order valence-electron chi connectivity index (χ1n) is 8.43. The van der Waals surface area contributed by atoms with Crippen LogP contribution in [0.25, 0.3) is 17.4 Å². The highest BCUT2D eigenvalue weighted by Gasteiger charge is 2.13. The van der Waals surface area contributed by atoms with Crippen LogP contribution in [0.5, 0.6) is 0 Å². The molecule has 0 fully saturated rings. The highest BCUT2D eigenvalue weighted by Crippen LogP contribution is 2.29. The third-order valence-corrected chi connectivity index (χ3v) is 4.82. The molecule has 2 aromatic carbocycles. The Morgan fingerprint density at radius 2 is 1.82 bits per heavy atom. The van der Waals surface area contributed by atoms with Gasteiger partial charge in [-0.05, 0) is 61.4 Å². The van der Waals surface area contributed by atoms with Crippen LogP contribution in [0.3, 0.4) is 0 Å². The molecule has 1 heterocycles. The fourth-order valence-electron chi connectivity index (χ4n) is 2.59. The number of rotatable bonds is 4. The summed E-state index contributed by atoms with van der Waals surface area (Å²) in [5.74, 6) is 0.455. The van der Waals surface area contributed by atoms with Crippen molar-refractivity contribution in [1.29, 1.82) is 5.26 Å². The summed E-state index contributed by atoms with van der Waals surface area (Å²) in [5.41, 5.74) is 3.18. The molecule has 3 rings (SSSR count). The molecular formula is C22H16Cl2N2O2. The van der Waals surface area contributed by atoms with E-state index in [2.05, 4.69) is 5.32 Å². The lowest BCUT2D eigenvalue weighted by Gasteiger charge is -2.06. The Labute approximate surface area is 173 Å². The summed E-state index contributed by atoms with van der Waals surface area (Å²) >= 11 is 12.1. The Morgan fingerprint density at radius 3 is 2.54 bits per heavy atom. The predicted octanol–water partition coefficient (Wildman–Crippen LogP) is 6.42. The van der Waals surface area contributed by atoms with Gasteiger partial charge in [-0.2, -0.15) is 5.26 Å². The van der Waals surface area contributed by atoms with Crippen molar-refractivity contribution in [3.05, 3.63) is 81.0 Å². The van der Waals surface area contributed by atoms with Crippen LogP contribution in [-0.4, -0.2) is 5.91 Å². The number of hydrogen-bond acceptors (Lipinski definition) is 3. The number of halogens is 2. The molecule has 0 radical (unpaired) electrons. The van der Waals surface area contributed by atoms with Crippen LogP contribution in [0.15, 0.2) is 58.5 Å². The van der Waals surface area contributed by atoms with Gasteiger partial charge in [0, 0.05) is 27.4 Å². The molecule has 0 saturated carbocycles. The van der Waals surface area contributed by atoms with E-state index in [1.54, 1.807) is 36.4 Å². The molecule has 0 atom stereocenters. The highest BCUT2D eigenvalue weighted by molar-refractivity contribution is 6.31. The van der Waals surface area contributed by atoms with Crippen LogP contribution >= 0.6 is 23.2 Å². The van der Waals surface area contributed by atoms with Crippen LogP contribution in [-0.2, 0) is 4.79 Å². The second-order valence-corrected chi connectivity index (χ2v) is 7.09. The van der Waals surface area contributed by atoms with E-state index in [-0.39, 0.29) is 5.57 Å². The van der Waals surface area contributed by atoms with Gasteiger partial charge < -0.3 is 9.73 Å². The summed E-state index contributed by atoms with van der Waals surface area (Å²) in [6.45, 7) is 3.81. The lowest BCUT2D eigenvalue weighted by atomic mass is 10.1. The second-order valence-electron chi connectivity index (χ2n) is 6.25. The average molecular weight is 411 g/mol. The molecule has 3 aromatic rings. The van der Waals surface area contributed by atoms with Gasteiger partial charge in [0.25, 0.3) is 5.91 Å². The van der Waals surface area contributed by atoms with Crippen molar-refractivity contribution in [2.45, 2.75) is 13.8 Å². The summed E-state index contributed by atoms with van der Waals surface area (Å²) in [4.78, 5) is 12.4. The van der Waals surface area contributed by atoms with E-state index in [1.165, 1.54) is 6.08 Å². The van der Waals surface area contributed by atoms with E-state index < -0.39 is 5.91 Å². The third-order valence-electron chi connectivity index (χ3n) is 4.17. The number of nitriles is 1. The zero-order valence-electron chi connectivity index (χ0n) is 15.2. The minimum atomic E-state index is -0.542. The topological polar surface area (TPSA) is 66.0 Å². The summed E-state index contributed by atoms with van der Waals surface area (Å²) in [5, 5.41) is 13.2. The van der Waals surface area contributed by atoms with Crippen molar-refractivity contribution in [1.82, 2.24) is 0 Å². The van der Waals surface area contributed by atoms with Crippen molar-refractivity contribution in [2.24, 2.45) is 0 Å². The van der Waals surface area contributed by atoms with Gasteiger partial charge in [-0.3, -0.25) is 4.79 Å². The number of carbonyl (C=O) groups excluding carboxylic acids is 1. The standard InChI is InChI=1S/C22H16Cl2N2O2/c1-13-3-5-16(23)10-19(13)21-8-7-18(28-21)9-15(12-25)22(27)26-17-6-4-14(2)20(24)11-17/h3-11H,1-2H3,(H,26,27)/b15-9-. The quantitative estimate of drug-likeness (QED) is 0.398. The molecule has 6 heteroatoms. The van der Waals surface area contributed by atoms with Crippen molar-refractivity contribution < 1.29 is 9.21 Å². The molecule has 0 spiro atoms. The van der Waals surface area contributed by atoms with Crippen molar-refractivity contribution in [3.8, 4) is 17.4 Å². The lowest BCUT2D eigenvalue weighted by Crippen LogP contribution is -2.13. The van der Waals surface area contributed by atoms with Crippen LogP contribution in [0, 0.1) is 25.2 Å². The molecule has 1 aromatic heterocycles. The van der Waals surface area contributed by atoms with E-state index in [0.717, 1.165) is 16.7 Å². The number of hydrogen-bond donors (Lipinski definition) is 1. The number of aryl methyl sites for hydroxylation is 2. The van der Waals surface area contributed by atoms with Crippen LogP contribution in [0.4, 0.5) is 5.69 Å². The first-order valence-corrected chi connectivity index (χ1v) is 9.18. The largest absolute Gasteiger partial charge is 0.457 e. The maximum atomic E-state index is 12.4. The zero-order chi connectivity index (χ0) is 20.3. The van der Waals surface area contributed by atoms with E-state index in [0.29, 0.717) is 27.3 Å². The van der Waals surface area contributed by atoms with Gasteiger partial charge in [0.05, 0.1) is 0 Å². The fourth-order valence-corrected chi connectivity index (χ4v) is 2.95. The second kappa shape index (κ2) is 8.35. The number of amides is 1. The minimum Gasteiger partial charge on any atom is -0.457 e. The first-order chi connectivity index (χ1) is 13.4. The monoisotopic (exact) mass is 410 g/mol. The van der Waals surface area contributed by atoms with Gasteiger partial charge in [0.2, 0.25) is 0 Å². The molecule has 1 N–H and O–H groups in total. The molecule has 140 valence electrons. The van der Waals surface area contributed by atoms with Crippen LogP contribution in [0.1, 0.15) is 16.9 Å². The molecule has 0 aliphatic rings. The van der Waals surface area contributed by atoms with E-state index in [4.69, 9.17) is 27.6 Å². The van der Waals surface area contributed by atoms with E-state index in [1.807, 2.05) is 32.0 Å². The van der Waals surface area contributed by atoms with Gasteiger partial charge in [0.15, 0.2) is 0 Å². The number of nitrogens with one attached hydrogen (secondary N) is 1. The van der Waals surface area contributed by atoms with Crippen molar-refractivity contribution in [3.63, 3.8) is 0 Å². The molecule has 1 amide bonds. The Hall–Kier alpha value is -3.00. The van der Waals surface area contributed by atoms with Gasteiger partial charge in [0.1, 0.15) is 23.2 Å². The maximum absolute atomic E-state index is 12.4. The number of benzene rings is 2. The first kappa shape index (κ1) is 19.8. The summed E-state index contributed by atoms with van der Waals surface area (Å²) in [7, 11) is 0. The smallest absolute Gasteiger partial charge is 0.266 e. The van der Waals surface area contributed by atoms with Gasteiger partial charge in [-0.1, -0.05) is 35.3 Å². The van der Waals surface area contributed by atoms with E-state index in [9.17, 15) is 10.1 Å². The Kier molecular flexibility index (Phi) is 5.89. The number of anilines is 1. The normalized spacial score (nSPS) is 11.2. The van der Waals surface area contributed by atoms with Crippen molar-refractivity contribution >= 4 is 40.9 Å². The zero-order valence-corrected chi connectivity index (χ0v) is 16.7. The SMILES string of the molecule is Cc1ccc(NC(=O)/C(C#N)=C\c2ccc(-c3cc(Cl)ccc3C)o2)cc1Cl. The molecular weight excluding hydrogens is 395 g/mol. The molecule has 4 nitrogen and oxygen atoms in total. The summed E-state index contributed by atoms with van der Waals surface area (Å²) < 4.78 is 5.79. The van der Waals surface area contributed by atoms with Gasteiger partial charge >= 0.3 is 0 Å². The fraction of sp³-hybridized carbons (Fsp3) is 0.0909. The predicted molar refractivity (Wildman–Crippen MR) is 112 cm³/mol. The number of nitrogens with zero attached hydrogens (tertiary/aromatic N) is 1.